The number of nitrogens with zero attached hydrogens (tertiary/aromatic N) is 1. The molecular formula is C15H30ClNO. The van der Waals surface area contributed by atoms with Crippen molar-refractivity contribution in [3.8, 4) is 0 Å². The number of allylic oxidation sites excluding steroid dienone is 1. The molecule has 1 aliphatic rings. The lowest BCUT2D eigenvalue weighted by Crippen LogP contribution is -2.19. The van der Waals surface area contributed by atoms with Crippen LogP contribution in [0.4, 0.5) is 0 Å². The van der Waals surface area contributed by atoms with Crippen LogP contribution < -0.4 is 0 Å². The van der Waals surface area contributed by atoms with Crippen LogP contribution in [-0.2, 0) is 0 Å². The van der Waals surface area contributed by atoms with Crippen molar-refractivity contribution in [2.75, 3.05) is 19.7 Å². The molecule has 0 radical (unpaired) electrons. The molecule has 2 nitrogen and oxygen atoms in total. The Morgan fingerprint density at radius 3 is 2.06 bits per heavy atom. The fourth-order valence-corrected chi connectivity index (χ4v) is 2.50. The summed E-state index contributed by atoms with van der Waals surface area (Å²) in [4.78, 5) is 2.52. The number of aliphatic hydroxyl groups is 1. The zero-order valence-corrected chi connectivity index (χ0v) is 12.7. The molecule has 0 aliphatic carbocycles. The summed E-state index contributed by atoms with van der Waals surface area (Å²) in [6.45, 7) is 5.09. The molecule has 3 heteroatoms. The molecule has 0 aromatic carbocycles. The highest BCUT2D eigenvalue weighted by Crippen LogP contribution is 2.15. The molecule has 0 bridgehead atoms. The third-order valence-electron chi connectivity index (χ3n) is 3.67. The van der Waals surface area contributed by atoms with Crippen LogP contribution in [0.15, 0.2) is 11.8 Å². The van der Waals surface area contributed by atoms with E-state index in [2.05, 4.69) is 17.9 Å². The fourth-order valence-electron chi connectivity index (χ4n) is 2.50. The Balaban J connectivity index is 0.00000289. The second-order valence-electron chi connectivity index (χ2n) is 5.17. The summed E-state index contributed by atoms with van der Waals surface area (Å²) in [5, 5.41) is 8.65. The van der Waals surface area contributed by atoms with E-state index in [1.807, 2.05) is 0 Å². The first-order valence-electron chi connectivity index (χ1n) is 7.37. The number of aliphatic hydroxyl groups excluding tert-OH is 1. The quantitative estimate of drug-likeness (QED) is 0.606. The first kappa shape index (κ1) is 17.8. The molecule has 108 valence electrons. The molecule has 0 saturated heterocycles. The SMILES string of the molecule is CC1=CCCN1CCCCCCCCCCO.Cl. The van der Waals surface area contributed by atoms with Gasteiger partial charge in [-0.25, -0.2) is 0 Å². The Hall–Kier alpha value is -0.210. The van der Waals surface area contributed by atoms with Gasteiger partial charge in [0.1, 0.15) is 0 Å². The number of rotatable bonds is 10. The van der Waals surface area contributed by atoms with Crippen LogP contribution in [0.25, 0.3) is 0 Å². The van der Waals surface area contributed by atoms with Gasteiger partial charge >= 0.3 is 0 Å². The highest BCUT2D eigenvalue weighted by molar-refractivity contribution is 5.85. The molecule has 0 saturated carbocycles. The molecule has 1 heterocycles. The summed E-state index contributed by atoms with van der Waals surface area (Å²) >= 11 is 0. The van der Waals surface area contributed by atoms with Gasteiger partial charge in [-0.1, -0.05) is 44.6 Å². The summed E-state index contributed by atoms with van der Waals surface area (Å²) in [5.41, 5.74) is 1.48. The van der Waals surface area contributed by atoms with E-state index >= 15 is 0 Å². The Morgan fingerprint density at radius 1 is 1.00 bits per heavy atom. The third kappa shape index (κ3) is 7.99. The molecule has 0 atom stereocenters. The largest absolute Gasteiger partial charge is 0.396 e. The average Bonchev–Trinajstić information content (AvgIpc) is 2.73. The lowest BCUT2D eigenvalue weighted by Gasteiger charge is -2.19. The Bertz CT molecular complexity index is 219. The number of unbranched alkanes of at least 4 members (excludes halogenated alkanes) is 7. The van der Waals surface area contributed by atoms with Crippen molar-refractivity contribution < 1.29 is 5.11 Å². The number of hydrogen-bond acceptors (Lipinski definition) is 2. The van der Waals surface area contributed by atoms with Gasteiger partial charge < -0.3 is 10.0 Å². The highest BCUT2D eigenvalue weighted by Gasteiger charge is 2.09. The average molecular weight is 276 g/mol. The van der Waals surface area contributed by atoms with Crippen molar-refractivity contribution in [2.24, 2.45) is 0 Å². The second kappa shape index (κ2) is 11.9. The summed E-state index contributed by atoms with van der Waals surface area (Å²) in [6, 6.07) is 0. The maximum atomic E-state index is 8.65. The monoisotopic (exact) mass is 275 g/mol. The van der Waals surface area contributed by atoms with E-state index in [9.17, 15) is 0 Å². The first-order chi connectivity index (χ1) is 8.34. The maximum absolute atomic E-state index is 8.65. The minimum absolute atomic E-state index is 0. The van der Waals surface area contributed by atoms with E-state index in [0.717, 1.165) is 6.42 Å². The normalized spacial score (nSPS) is 14.6. The van der Waals surface area contributed by atoms with E-state index < -0.39 is 0 Å². The van der Waals surface area contributed by atoms with Gasteiger partial charge in [-0.15, -0.1) is 12.4 Å². The van der Waals surface area contributed by atoms with Crippen LogP contribution in [0.5, 0.6) is 0 Å². The fraction of sp³-hybridized carbons (Fsp3) is 0.867. The van der Waals surface area contributed by atoms with Crippen molar-refractivity contribution in [1.82, 2.24) is 4.90 Å². The molecule has 0 spiro atoms. The van der Waals surface area contributed by atoms with Crippen LogP contribution in [0.3, 0.4) is 0 Å². The first-order valence-corrected chi connectivity index (χ1v) is 7.37. The second-order valence-corrected chi connectivity index (χ2v) is 5.17. The third-order valence-corrected chi connectivity index (χ3v) is 3.67. The predicted octanol–water partition coefficient (Wildman–Crippen LogP) is 4.13. The Labute approximate surface area is 119 Å². The van der Waals surface area contributed by atoms with Crippen LogP contribution in [-0.4, -0.2) is 29.7 Å². The predicted molar refractivity (Wildman–Crippen MR) is 81.2 cm³/mol. The van der Waals surface area contributed by atoms with Gasteiger partial charge in [-0.05, 0) is 26.2 Å². The number of hydrogen-bond donors (Lipinski definition) is 1. The van der Waals surface area contributed by atoms with Crippen LogP contribution >= 0.6 is 12.4 Å². The van der Waals surface area contributed by atoms with E-state index in [1.165, 1.54) is 70.2 Å². The van der Waals surface area contributed by atoms with Gasteiger partial charge in [0, 0.05) is 25.4 Å². The van der Waals surface area contributed by atoms with Gasteiger partial charge in [-0.3, -0.25) is 0 Å². The van der Waals surface area contributed by atoms with Crippen LogP contribution in [0.2, 0.25) is 0 Å². The van der Waals surface area contributed by atoms with Gasteiger partial charge in [0.05, 0.1) is 0 Å². The van der Waals surface area contributed by atoms with E-state index in [0.29, 0.717) is 6.61 Å². The summed E-state index contributed by atoms with van der Waals surface area (Å²) < 4.78 is 0. The van der Waals surface area contributed by atoms with Crippen molar-refractivity contribution in [2.45, 2.75) is 64.7 Å². The lowest BCUT2D eigenvalue weighted by atomic mass is 10.1. The van der Waals surface area contributed by atoms with Gasteiger partial charge in [-0.2, -0.15) is 0 Å². The smallest absolute Gasteiger partial charge is 0.0431 e. The molecule has 0 amide bonds. The van der Waals surface area contributed by atoms with Gasteiger partial charge in [0.15, 0.2) is 0 Å². The summed E-state index contributed by atoms with van der Waals surface area (Å²) in [7, 11) is 0. The molecule has 18 heavy (non-hydrogen) atoms. The molecule has 0 aromatic rings. The molecule has 0 fully saturated rings. The van der Waals surface area contributed by atoms with Crippen molar-refractivity contribution in [3.05, 3.63) is 11.8 Å². The Morgan fingerprint density at radius 2 is 1.56 bits per heavy atom. The van der Waals surface area contributed by atoms with Crippen molar-refractivity contribution in [3.63, 3.8) is 0 Å². The molecule has 1 N–H and O–H groups in total. The highest BCUT2D eigenvalue weighted by atomic mass is 35.5. The molecule has 1 aliphatic heterocycles. The number of halogens is 1. The van der Waals surface area contributed by atoms with Crippen LogP contribution in [0.1, 0.15) is 64.7 Å². The Kier molecular flexibility index (Phi) is 11.7. The van der Waals surface area contributed by atoms with E-state index in [-0.39, 0.29) is 12.4 Å². The zero-order valence-electron chi connectivity index (χ0n) is 11.9. The zero-order chi connectivity index (χ0) is 12.3. The lowest BCUT2D eigenvalue weighted by molar-refractivity contribution is 0.282. The van der Waals surface area contributed by atoms with Crippen LogP contribution in [0, 0.1) is 0 Å². The van der Waals surface area contributed by atoms with E-state index in [4.69, 9.17) is 5.11 Å². The minimum atomic E-state index is 0. The van der Waals surface area contributed by atoms with Gasteiger partial charge in [0.25, 0.3) is 0 Å². The van der Waals surface area contributed by atoms with Crippen molar-refractivity contribution >= 4 is 12.4 Å². The molecule has 0 aromatic heterocycles. The molecular weight excluding hydrogens is 246 g/mol. The summed E-state index contributed by atoms with van der Waals surface area (Å²) in [6.07, 6.45) is 13.9. The molecule has 1 rings (SSSR count). The minimum Gasteiger partial charge on any atom is -0.396 e. The van der Waals surface area contributed by atoms with E-state index in [1.54, 1.807) is 0 Å². The topological polar surface area (TPSA) is 23.5 Å². The maximum Gasteiger partial charge on any atom is 0.0431 e. The van der Waals surface area contributed by atoms with Gasteiger partial charge in [0.2, 0.25) is 0 Å². The van der Waals surface area contributed by atoms with Crippen molar-refractivity contribution in [1.29, 1.82) is 0 Å². The standard InChI is InChI=1S/C15H29NO.ClH/c1-15-11-10-13-16(15)12-8-6-4-2-3-5-7-9-14-17;/h11,17H,2-10,12-14H2,1H3;1H. The summed E-state index contributed by atoms with van der Waals surface area (Å²) in [5.74, 6) is 0. The molecule has 0 unspecified atom stereocenters.